The molecule has 1 heterocycles. The van der Waals surface area contributed by atoms with Gasteiger partial charge in [-0.15, -0.1) is 19.0 Å². The number of halogens is 1. The zero-order chi connectivity index (χ0) is 18.1. The van der Waals surface area contributed by atoms with Crippen LogP contribution in [-0.4, -0.2) is 28.0 Å². The van der Waals surface area contributed by atoms with E-state index in [-0.39, 0.29) is 18.1 Å². The standard InChI is InChI=1S/C18H25N5O2.ClH/c1-3-5-6-7-8-12-19-17-15-13-14(23(24)25)9-10-16(15)21-18(22-17)20-11-4-2;/h4,9-10,13H,2-3,5-8,11-12H2,1H3,(H2,19,20,21,22);1H. The highest BCUT2D eigenvalue weighted by molar-refractivity contribution is 5.91. The van der Waals surface area contributed by atoms with Crippen molar-refractivity contribution in [3.63, 3.8) is 0 Å². The molecule has 0 fully saturated rings. The lowest BCUT2D eigenvalue weighted by Crippen LogP contribution is -2.09. The summed E-state index contributed by atoms with van der Waals surface area (Å²) in [6.07, 6.45) is 7.61. The quantitative estimate of drug-likeness (QED) is 0.248. The predicted octanol–water partition coefficient (Wildman–Crippen LogP) is 4.94. The monoisotopic (exact) mass is 379 g/mol. The van der Waals surface area contributed by atoms with Crippen molar-refractivity contribution < 1.29 is 4.92 Å². The second-order valence-corrected chi connectivity index (χ2v) is 5.86. The highest BCUT2D eigenvalue weighted by Crippen LogP contribution is 2.26. The Morgan fingerprint density at radius 2 is 1.96 bits per heavy atom. The third-order valence-electron chi connectivity index (χ3n) is 3.87. The van der Waals surface area contributed by atoms with Crippen molar-refractivity contribution in [2.45, 2.75) is 39.0 Å². The van der Waals surface area contributed by atoms with E-state index in [2.05, 4.69) is 34.1 Å². The highest BCUT2D eigenvalue weighted by Gasteiger charge is 2.12. The number of hydrogen-bond acceptors (Lipinski definition) is 6. The molecule has 0 amide bonds. The lowest BCUT2D eigenvalue weighted by atomic mass is 10.1. The van der Waals surface area contributed by atoms with E-state index in [1.807, 2.05) is 0 Å². The summed E-state index contributed by atoms with van der Waals surface area (Å²) in [7, 11) is 0. The van der Waals surface area contributed by atoms with Gasteiger partial charge in [-0.1, -0.05) is 38.7 Å². The Kier molecular flexibility index (Phi) is 9.36. The molecule has 0 atom stereocenters. The topological polar surface area (TPSA) is 93.0 Å². The number of fused-ring (bicyclic) bond motifs is 1. The Morgan fingerprint density at radius 1 is 1.19 bits per heavy atom. The van der Waals surface area contributed by atoms with Gasteiger partial charge in [-0.05, 0) is 12.5 Å². The summed E-state index contributed by atoms with van der Waals surface area (Å²) in [5, 5.41) is 18.1. The van der Waals surface area contributed by atoms with Gasteiger partial charge in [0, 0.05) is 30.6 Å². The van der Waals surface area contributed by atoms with Gasteiger partial charge >= 0.3 is 0 Å². The van der Waals surface area contributed by atoms with Gasteiger partial charge in [-0.2, -0.15) is 4.98 Å². The van der Waals surface area contributed by atoms with E-state index in [0.717, 1.165) is 19.4 Å². The maximum absolute atomic E-state index is 11.0. The Balaban J connectivity index is 0.00000338. The smallest absolute Gasteiger partial charge is 0.270 e. The molecule has 26 heavy (non-hydrogen) atoms. The molecule has 0 saturated carbocycles. The minimum absolute atomic E-state index is 0. The average molecular weight is 380 g/mol. The molecule has 0 aliphatic rings. The molecule has 1 aromatic heterocycles. The molecule has 0 unspecified atom stereocenters. The Labute approximate surface area is 159 Å². The minimum Gasteiger partial charge on any atom is -0.369 e. The zero-order valence-corrected chi connectivity index (χ0v) is 15.8. The van der Waals surface area contributed by atoms with E-state index in [1.54, 1.807) is 12.1 Å². The van der Waals surface area contributed by atoms with E-state index < -0.39 is 4.92 Å². The first kappa shape index (κ1) is 21.6. The van der Waals surface area contributed by atoms with Crippen LogP contribution >= 0.6 is 12.4 Å². The molecule has 0 bridgehead atoms. The number of rotatable bonds is 11. The van der Waals surface area contributed by atoms with Crippen LogP contribution in [0.25, 0.3) is 10.9 Å². The summed E-state index contributed by atoms with van der Waals surface area (Å²) in [5.74, 6) is 1.10. The van der Waals surface area contributed by atoms with Crippen molar-refractivity contribution in [1.29, 1.82) is 0 Å². The van der Waals surface area contributed by atoms with Crippen LogP contribution in [0.15, 0.2) is 30.9 Å². The van der Waals surface area contributed by atoms with Crippen molar-refractivity contribution in [2.75, 3.05) is 23.7 Å². The third-order valence-corrected chi connectivity index (χ3v) is 3.87. The number of nitro benzene ring substituents is 1. The maximum Gasteiger partial charge on any atom is 0.270 e. The van der Waals surface area contributed by atoms with Crippen molar-refractivity contribution in [2.24, 2.45) is 0 Å². The number of unbranched alkanes of at least 4 members (excludes halogenated alkanes) is 4. The Morgan fingerprint density at radius 3 is 2.65 bits per heavy atom. The largest absolute Gasteiger partial charge is 0.369 e. The fourth-order valence-corrected chi connectivity index (χ4v) is 2.54. The van der Waals surface area contributed by atoms with Gasteiger partial charge in [0.2, 0.25) is 5.95 Å². The van der Waals surface area contributed by atoms with Crippen LogP contribution in [0.3, 0.4) is 0 Å². The molecule has 0 aliphatic heterocycles. The first-order valence-electron chi connectivity index (χ1n) is 8.70. The number of nitrogens with zero attached hydrogens (tertiary/aromatic N) is 3. The lowest BCUT2D eigenvalue weighted by Gasteiger charge is -2.11. The fourth-order valence-electron chi connectivity index (χ4n) is 2.54. The summed E-state index contributed by atoms with van der Waals surface area (Å²) in [5.41, 5.74) is 0.703. The second-order valence-electron chi connectivity index (χ2n) is 5.86. The summed E-state index contributed by atoms with van der Waals surface area (Å²) < 4.78 is 0. The average Bonchev–Trinajstić information content (AvgIpc) is 2.62. The van der Waals surface area contributed by atoms with E-state index >= 15 is 0 Å². The van der Waals surface area contributed by atoms with Crippen molar-refractivity contribution >= 4 is 40.8 Å². The molecule has 2 rings (SSSR count). The van der Waals surface area contributed by atoms with E-state index in [9.17, 15) is 10.1 Å². The van der Waals surface area contributed by atoms with Gasteiger partial charge in [0.25, 0.3) is 5.69 Å². The van der Waals surface area contributed by atoms with Gasteiger partial charge in [-0.3, -0.25) is 10.1 Å². The third kappa shape index (κ3) is 6.15. The van der Waals surface area contributed by atoms with Crippen LogP contribution in [-0.2, 0) is 0 Å². The van der Waals surface area contributed by atoms with Crippen LogP contribution in [0, 0.1) is 10.1 Å². The van der Waals surface area contributed by atoms with Gasteiger partial charge in [0.1, 0.15) is 5.82 Å². The maximum atomic E-state index is 11.0. The Hall–Kier alpha value is -2.41. The molecule has 0 aliphatic carbocycles. The van der Waals surface area contributed by atoms with Crippen molar-refractivity contribution in [1.82, 2.24) is 9.97 Å². The minimum atomic E-state index is -0.405. The first-order chi connectivity index (χ1) is 12.2. The van der Waals surface area contributed by atoms with Gasteiger partial charge in [-0.25, -0.2) is 4.98 Å². The summed E-state index contributed by atoms with van der Waals surface area (Å²) >= 11 is 0. The van der Waals surface area contributed by atoms with E-state index in [0.29, 0.717) is 29.2 Å². The van der Waals surface area contributed by atoms with Crippen LogP contribution in [0.1, 0.15) is 39.0 Å². The molecule has 0 radical (unpaired) electrons. The zero-order valence-electron chi connectivity index (χ0n) is 15.0. The number of aromatic nitrogens is 2. The molecule has 142 valence electrons. The molecule has 2 aromatic rings. The predicted molar refractivity (Wildman–Crippen MR) is 109 cm³/mol. The number of nitro groups is 1. The number of hydrogen-bond donors (Lipinski definition) is 2. The summed E-state index contributed by atoms with van der Waals surface area (Å²) in [4.78, 5) is 19.5. The number of nitrogens with one attached hydrogen (secondary N) is 2. The molecule has 7 nitrogen and oxygen atoms in total. The van der Waals surface area contributed by atoms with Crippen LogP contribution in [0.4, 0.5) is 17.5 Å². The number of benzene rings is 1. The van der Waals surface area contributed by atoms with E-state index in [4.69, 9.17) is 0 Å². The molecule has 1 aromatic carbocycles. The van der Waals surface area contributed by atoms with Gasteiger partial charge in [0.05, 0.1) is 10.4 Å². The molecule has 8 heteroatoms. The normalized spacial score (nSPS) is 10.2. The molecular weight excluding hydrogens is 354 g/mol. The van der Waals surface area contributed by atoms with Gasteiger partial charge < -0.3 is 10.6 Å². The first-order valence-corrected chi connectivity index (χ1v) is 8.70. The van der Waals surface area contributed by atoms with Crippen molar-refractivity contribution in [3.05, 3.63) is 41.0 Å². The van der Waals surface area contributed by atoms with Crippen LogP contribution < -0.4 is 10.6 Å². The number of anilines is 2. The lowest BCUT2D eigenvalue weighted by molar-refractivity contribution is -0.384. The summed E-state index contributed by atoms with van der Waals surface area (Å²) in [6, 6.07) is 4.63. The molecular formula is C18H26ClN5O2. The highest BCUT2D eigenvalue weighted by atomic mass is 35.5. The van der Waals surface area contributed by atoms with Crippen molar-refractivity contribution in [3.8, 4) is 0 Å². The molecule has 0 saturated heterocycles. The molecule has 2 N–H and O–H groups in total. The second kappa shape index (κ2) is 11.3. The molecule has 0 spiro atoms. The fraction of sp³-hybridized carbons (Fsp3) is 0.444. The van der Waals surface area contributed by atoms with Crippen LogP contribution in [0.5, 0.6) is 0 Å². The SMILES string of the molecule is C=CCNc1nc(NCCCCCCC)c2cc([N+](=O)[O-])ccc2n1.Cl. The van der Waals surface area contributed by atoms with E-state index in [1.165, 1.54) is 31.4 Å². The number of non-ortho nitro benzene ring substituents is 1. The summed E-state index contributed by atoms with van der Waals surface area (Å²) in [6.45, 7) is 7.19. The van der Waals surface area contributed by atoms with Gasteiger partial charge in [0.15, 0.2) is 0 Å². The van der Waals surface area contributed by atoms with Crippen LogP contribution in [0.2, 0.25) is 0 Å². The Bertz CT molecular complexity index is 739.